The van der Waals surface area contributed by atoms with Gasteiger partial charge in [-0.25, -0.2) is 9.36 Å². The smallest absolute Gasteiger partial charge is 0.333 e. The first-order valence-electron chi connectivity index (χ1n) is 7.54. The molecule has 1 amide bonds. The van der Waals surface area contributed by atoms with E-state index in [1.807, 2.05) is 0 Å². The van der Waals surface area contributed by atoms with Crippen molar-refractivity contribution in [2.24, 2.45) is 0 Å². The highest BCUT2D eigenvalue weighted by atomic mass is 19.1. The number of amides is 1. The molecule has 24 heavy (non-hydrogen) atoms. The van der Waals surface area contributed by atoms with Crippen LogP contribution in [0.4, 0.5) is 10.1 Å². The summed E-state index contributed by atoms with van der Waals surface area (Å²) in [5, 5.41) is 2.55. The van der Waals surface area contributed by atoms with Gasteiger partial charge in [0, 0.05) is 12.3 Å². The topological polar surface area (TPSA) is 82.3 Å². The summed E-state index contributed by atoms with van der Waals surface area (Å²) in [4.78, 5) is 36.4. The summed E-state index contributed by atoms with van der Waals surface area (Å²) >= 11 is 0. The third-order valence-electron chi connectivity index (χ3n) is 3.73. The molecule has 0 radical (unpaired) electrons. The number of carbonyl (C=O) groups is 1. The normalized spacial score (nSPS) is 17.0. The van der Waals surface area contributed by atoms with Gasteiger partial charge in [-0.1, -0.05) is 18.2 Å². The summed E-state index contributed by atoms with van der Waals surface area (Å²) in [6, 6.07) is 8.57. The maximum Gasteiger partial charge on any atom is 0.333 e. The number of hydrogen-bond acceptors (Lipinski definition) is 4. The van der Waals surface area contributed by atoms with Crippen molar-refractivity contribution in [2.45, 2.75) is 25.6 Å². The van der Waals surface area contributed by atoms with Gasteiger partial charge in [-0.15, -0.1) is 0 Å². The number of carbonyl (C=O) groups excluding carboxylic acids is 1. The lowest BCUT2D eigenvalue weighted by atomic mass is 10.3. The average molecular weight is 333 g/mol. The fourth-order valence-electron chi connectivity index (χ4n) is 2.58. The van der Waals surface area contributed by atoms with Gasteiger partial charge in [-0.2, -0.15) is 4.39 Å². The number of ether oxygens (including phenoxy) is 1. The second kappa shape index (κ2) is 6.79. The molecule has 1 fully saturated rings. The molecule has 0 saturated carbocycles. The molecule has 8 heteroatoms. The number of aromatic nitrogens is 2. The molecule has 126 valence electrons. The number of hydrogen-bond donors (Lipinski definition) is 1. The highest BCUT2D eigenvalue weighted by Gasteiger charge is 2.22. The van der Waals surface area contributed by atoms with Crippen LogP contribution < -0.4 is 16.6 Å². The molecule has 1 N–H and O–H groups in total. The number of rotatable bonds is 4. The molecule has 1 aromatic carbocycles. The second-order valence-electron chi connectivity index (χ2n) is 5.44. The van der Waals surface area contributed by atoms with E-state index in [4.69, 9.17) is 4.74 Å². The van der Waals surface area contributed by atoms with Crippen molar-refractivity contribution in [2.75, 3.05) is 11.9 Å². The molecule has 2 aromatic rings. The summed E-state index contributed by atoms with van der Waals surface area (Å²) in [6.45, 7) is -0.108. The lowest BCUT2D eigenvalue weighted by Gasteiger charge is -2.15. The van der Waals surface area contributed by atoms with Crippen LogP contribution in [0, 0.1) is 5.82 Å². The van der Waals surface area contributed by atoms with Crippen LogP contribution in [0.3, 0.4) is 0 Å². The fraction of sp³-hybridized carbons (Fsp3) is 0.312. The number of nitrogens with one attached hydrogen (secondary N) is 1. The Morgan fingerprint density at radius 2 is 2.04 bits per heavy atom. The first-order valence-corrected chi connectivity index (χ1v) is 7.54. The van der Waals surface area contributed by atoms with E-state index >= 15 is 0 Å². The molecule has 1 aromatic heterocycles. The van der Waals surface area contributed by atoms with E-state index in [1.165, 1.54) is 0 Å². The van der Waals surface area contributed by atoms with Gasteiger partial charge in [0.15, 0.2) is 0 Å². The Labute approximate surface area is 136 Å². The molecule has 1 saturated heterocycles. The predicted octanol–water partition coefficient (Wildman–Crippen LogP) is 1.10. The van der Waals surface area contributed by atoms with Crippen LogP contribution in [0.1, 0.15) is 19.1 Å². The van der Waals surface area contributed by atoms with E-state index in [0.29, 0.717) is 23.3 Å². The van der Waals surface area contributed by atoms with Crippen molar-refractivity contribution in [3.05, 3.63) is 63.2 Å². The largest absolute Gasteiger partial charge is 0.358 e. The van der Waals surface area contributed by atoms with Crippen LogP contribution in [0.2, 0.25) is 0 Å². The number of anilines is 1. The molecule has 0 bridgehead atoms. The van der Waals surface area contributed by atoms with Gasteiger partial charge in [-0.05, 0) is 25.0 Å². The highest BCUT2D eigenvalue weighted by molar-refractivity contribution is 5.90. The molecule has 7 nitrogen and oxygen atoms in total. The highest BCUT2D eigenvalue weighted by Crippen LogP contribution is 2.20. The summed E-state index contributed by atoms with van der Waals surface area (Å²) in [7, 11) is 0. The van der Waals surface area contributed by atoms with Crippen molar-refractivity contribution in [1.29, 1.82) is 0 Å². The van der Waals surface area contributed by atoms with Crippen molar-refractivity contribution in [3.63, 3.8) is 0 Å². The molecule has 1 atom stereocenters. The Hall–Kier alpha value is -2.74. The summed E-state index contributed by atoms with van der Waals surface area (Å²) in [5.41, 5.74) is -1.37. The van der Waals surface area contributed by atoms with Crippen LogP contribution in [0.5, 0.6) is 0 Å². The maximum absolute atomic E-state index is 13.9. The maximum atomic E-state index is 13.9. The van der Waals surface area contributed by atoms with Crippen molar-refractivity contribution in [3.8, 4) is 0 Å². The Bertz CT molecular complexity index is 854. The average Bonchev–Trinajstić information content (AvgIpc) is 3.10. The summed E-state index contributed by atoms with van der Waals surface area (Å²) in [6.07, 6.45) is 1.52. The molecule has 3 rings (SSSR count). The van der Waals surface area contributed by atoms with Crippen molar-refractivity contribution in [1.82, 2.24) is 9.13 Å². The third kappa shape index (κ3) is 3.28. The Morgan fingerprint density at radius 3 is 2.71 bits per heavy atom. The fourth-order valence-corrected chi connectivity index (χ4v) is 2.58. The van der Waals surface area contributed by atoms with E-state index in [1.54, 1.807) is 30.3 Å². The molecule has 0 aliphatic carbocycles. The monoisotopic (exact) mass is 333 g/mol. The van der Waals surface area contributed by atoms with Crippen LogP contribution in [-0.4, -0.2) is 21.6 Å². The van der Waals surface area contributed by atoms with Crippen molar-refractivity contribution >= 4 is 11.6 Å². The van der Waals surface area contributed by atoms with Gasteiger partial charge in [0.05, 0.1) is 6.20 Å². The number of halogens is 1. The summed E-state index contributed by atoms with van der Waals surface area (Å²) < 4.78 is 20.8. The zero-order chi connectivity index (χ0) is 17.1. The Balaban J connectivity index is 1.88. The van der Waals surface area contributed by atoms with Gasteiger partial charge in [0.25, 0.3) is 5.56 Å². The SMILES string of the molecule is O=C(Cn1c(=O)c(F)cn([C@@H]2CCCO2)c1=O)Nc1ccccc1. The third-order valence-corrected chi connectivity index (χ3v) is 3.73. The minimum Gasteiger partial charge on any atom is -0.358 e. The van der Waals surface area contributed by atoms with E-state index in [0.717, 1.165) is 17.2 Å². The van der Waals surface area contributed by atoms with Gasteiger partial charge in [0.2, 0.25) is 11.7 Å². The minimum absolute atomic E-state index is 0.465. The zero-order valence-electron chi connectivity index (χ0n) is 12.8. The number of para-hydroxylation sites is 1. The van der Waals surface area contributed by atoms with Crippen molar-refractivity contribution < 1.29 is 13.9 Å². The quantitative estimate of drug-likeness (QED) is 0.908. The first kappa shape index (κ1) is 16.1. The first-order chi connectivity index (χ1) is 11.6. The minimum atomic E-state index is -1.13. The molecule has 0 spiro atoms. The van der Waals surface area contributed by atoms with E-state index in [2.05, 4.69) is 5.32 Å². The van der Waals surface area contributed by atoms with Crippen LogP contribution >= 0.6 is 0 Å². The standard InChI is InChI=1S/C16H16FN3O4/c17-12-9-19(14-7-4-8-24-14)16(23)20(15(12)22)10-13(21)18-11-5-2-1-3-6-11/h1-3,5-6,9,14H,4,7-8,10H2,(H,18,21)/t14-/m0/s1. The lowest BCUT2D eigenvalue weighted by molar-refractivity contribution is -0.116. The molecule has 1 aliphatic heterocycles. The van der Waals surface area contributed by atoms with Gasteiger partial charge < -0.3 is 10.1 Å². The molecular formula is C16H16FN3O4. The van der Waals surface area contributed by atoms with E-state index < -0.39 is 35.7 Å². The van der Waals surface area contributed by atoms with Gasteiger partial charge >= 0.3 is 5.69 Å². The number of nitrogens with zero attached hydrogens (tertiary/aromatic N) is 2. The van der Waals surface area contributed by atoms with Crippen LogP contribution in [0.15, 0.2) is 46.1 Å². The Kier molecular flexibility index (Phi) is 4.57. The van der Waals surface area contributed by atoms with Crippen LogP contribution in [-0.2, 0) is 16.1 Å². The number of benzene rings is 1. The van der Waals surface area contributed by atoms with Gasteiger partial charge in [0.1, 0.15) is 12.8 Å². The predicted molar refractivity (Wildman–Crippen MR) is 84.2 cm³/mol. The second-order valence-corrected chi connectivity index (χ2v) is 5.44. The van der Waals surface area contributed by atoms with Gasteiger partial charge in [-0.3, -0.25) is 14.2 Å². The molecule has 1 aliphatic rings. The summed E-state index contributed by atoms with van der Waals surface area (Å²) in [5.74, 6) is -1.69. The van der Waals surface area contributed by atoms with E-state index in [9.17, 15) is 18.8 Å². The molecular weight excluding hydrogens is 317 g/mol. The molecule has 2 heterocycles. The zero-order valence-corrected chi connectivity index (χ0v) is 12.8. The molecule has 0 unspecified atom stereocenters. The lowest BCUT2D eigenvalue weighted by Crippen LogP contribution is -2.44. The van der Waals surface area contributed by atoms with E-state index in [-0.39, 0.29) is 0 Å². The Morgan fingerprint density at radius 1 is 1.29 bits per heavy atom. The van der Waals surface area contributed by atoms with Crippen LogP contribution in [0.25, 0.3) is 0 Å².